The van der Waals surface area contributed by atoms with E-state index in [0.717, 1.165) is 25.7 Å². The third kappa shape index (κ3) is 4.55. The van der Waals surface area contributed by atoms with Gasteiger partial charge in [-0.05, 0) is 46.5 Å². The first kappa shape index (κ1) is 14.8. The molecule has 1 saturated carbocycles. The van der Waals surface area contributed by atoms with Crippen molar-refractivity contribution < 1.29 is 19.1 Å². The van der Waals surface area contributed by atoms with Crippen molar-refractivity contribution in [3.05, 3.63) is 0 Å². The average Bonchev–Trinajstić information content (AvgIpc) is 3.02. The van der Waals surface area contributed by atoms with E-state index in [1.807, 2.05) is 20.8 Å². The topological polar surface area (TPSA) is 64.6 Å². The van der Waals surface area contributed by atoms with E-state index in [2.05, 4.69) is 5.32 Å². The Balaban J connectivity index is 2.16. The van der Waals surface area contributed by atoms with Crippen molar-refractivity contribution in [3.8, 4) is 0 Å². The fourth-order valence-corrected chi connectivity index (χ4v) is 1.85. The quantitative estimate of drug-likeness (QED) is 0.606. The van der Waals surface area contributed by atoms with Crippen molar-refractivity contribution >= 4 is 12.1 Å². The number of alkyl carbamates (subject to hydrolysis) is 1. The summed E-state index contributed by atoms with van der Waals surface area (Å²) in [7, 11) is 1.42. The molecule has 5 heteroatoms. The van der Waals surface area contributed by atoms with Crippen LogP contribution in [0.4, 0.5) is 4.79 Å². The second-order valence-electron chi connectivity index (χ2n) is 5.80. The van der Waals surface area contributed by atoms with Gasteiger partial charge < -0.3 is 14.8 Å². The maximum absolute atomic E-state index is 11.5. The minimum absolute atomic E-state index is 0.125. The molecule has 0 radical (unpaired) electrons. The second kappa shape index (κ2) is 5.59. The summed E-state index contributed by atoms with van der Waals surface area (Å²) in [5, 5.41) is 2.68. The summed E-state index contributed by atoms with van der Waals surface area (Å²) in [5.74, 6) is -0.125. The van der Waals surface area contributed by atoms with Gasteiger partial charge in [0.2, 0.25) is 0 Å². The van der Waals surface area contributed by atoms with Crippen molar-refractivity contribution in [2.75, 3.05) is 13.7 Å². The normalized spacial score (nSPS) is 16.9. The molecule has 1 fully saturated rings. The molecule has 0 unspecified atom stereocenters. The summed E-state index contributed by atoms with van der Waals surface area (Å²) in [4.78, 5) is 22.8. The number of amides is 1. The first-order chi connectivity index (χ1) is 8.29. The summed E-state index contributed by atoms with van der Waals surface area (Å²) in [6.07, 6.45) is 2.90. The molecule has 1 rings (SSSR count). The highest BCUT2D eigenvalue weighted by atomic mass is 16.6. The van der Waals surface area contributed by atoms with Gasteiger partial charge in [-0.15, -0.1) is 0 Å². The second-order valence-corrected chi connectivity index (χ2v) is 5.80. The molecule has 1 N–H and O–H groups in total. The van der Waals surface area contributed by atoms with Gasteiger partial charge in [-0.3, -0.25) is 4.79 Å². The van der Waals surface area contributed by atoms with E-state index in [0.29, 0.717) is 6.54 Å². The standard InChI is InChI=1S/C13H23NO4/c1-12(2,3)18-11(16)14-9-5-6-13(7-8-13)10(15)17-4/h5-9H2,1-4H3,(H,14,16). The van der Waals surface area contributed by atoms with Crippen LogP contribution in [0.2, 0.25) is 0 Å². The molecule has 0 bridgehead atoms. The largest absolute Gasteiger partial charge is 0.469 e. The Kier molecular flexibility index (Phi) is 4.59. The smallest absolute Gasteiger partial charge is 0.407 e. The molecule has 0 heterocycles. The van der Waals surface area contributed by atoms with Crippen molar-refractivity contribution in [1.29, 1.82) is 0 Å². The number of carbonyl (C=O) groups is 2. The van der Waals surface area contributed by atoms with Gasteiger partial charge in [-0.2, -0.15) is 0 Å². The van der Waals surface area contributed by atoms with Crippen LogP contribution in [0.1, 0.15) is 46.5 Å². The van der Waals surface area contributed by atoms with Gasteiger partial charge >= 0.3 is 12.1 Å². The van der Waals surface area contributed by atoms with E-state index in [1.165, 1.54) is 7.11 Å². The molecule has 5 nitrogen and oxygen atoms in total. The zero-order chi connectivity index (χ0) is 13.8. The molecule has 0 spiro atoms. The van der Waals surface area contributed by atoms with Crippen LogP contribution in [-0.4, -0.2) is 31.3 Å². The summed E-state index contributed by atoms with van der Waals surface area (Å²) < 4.78 is 9.88. The lowest BCUT2D eigenvalue weighted by Crippen LogP contribution is -2.33. The van der Waals surface area contributed by atoms with Crippen LogP contribution in [0.25, 0.3) is 0 Å². The van der Waals surface area contributed by atoms with Crippen molar-refractivity contribution in [2.24, 2.45) is 5.41 Å². The minimum Gasteiger partial charge on any atom is -0.469 e. The van der Waals surface area contributed by atoms with Crippen LogP contribution < -0.4 is 5.32 Å². The number of carbonyl (C=O) groups excluding carboxylic acids is 2. The van der Waals surface area contributed by atoms with Crippen LogP contribution >= 0.6 is 0 Å². The molecule has 104 valence electrons. The number of ether oxygens (including phenoxy) is 2. The summed E-state index contributed by atoms with van der Waals surface area (Å²) in [6.45, 7) is 5.99. The van der Waals surface area contributed by atoms with Gasteiger partial charge in [0.05, 0.1) is 12.5 Å². The Morgan fingerprint density at radius 1 is 1.28 bits per heavy atom. The van der Waals surface area contributed by atoms with Crippen molar-refractivity contribution in [3.63, 3.8) is 0 Å². The summed E-state index contributed by atoms with van der Waals surface area (Å²) in [6, 6.07) is 0. The molecule has 0 atom stereocenters. The van der Waals surface area contributed by atoms with E-state index in [-0.39, 0.29) is 11.4 Å². The molecule has 0 saturated heterocycles. The first-order valence-electron chi connectivity index (χ1n) is 6.34. The Morgan fingerprint density at radius 2 is 1.89 bits per heavy atom. The Bertz CT molecular complexity index is 315. The predicted octanol–water partition coefficient (Wildman–Crippen LogP) is 2.24. The highest BCUT2D eigenvalue weighted by molar-refractivity contribution is 5.79. The predicted molar refractivity (Wildman–Crippen MR) is 67.2 cm³/mol. The molecular weight excluding hydrogens is 234 g/mol. The molecule has 1 amide bonds. The fraction of sp³-hybridized carbons (Fsp3) is 0.846. The number of hydrogen-bond acceptors (Lipinski definition) is 4. The third-order valence-corrected chi connectivity index (χ3v) is 2.97. The number of rotatable bonds is 5. The fourth-order valence-electron chi connectivity index (χ4n) is 1.85. The number of nitrogens with one attached hydrogen (secondary N) is 1. The summed E-state index contributed by atoms with van der Waals surface area (Å²) in [5.41, 5.74) is -0.752. The molecule has 0 aliphatic heterocycles. The van der Waals surface area contributed by atoms with E-state index in [9.17, 15) is 9.59 Å². The lowest BCUT2D eigenvalue weighted by molar-refractivity contribution is -0.147. The van der Waals surface area contributed by atoms with Crippen LogP contribution in [0.3, 0.4) is 0 Å². The van der Waals surface area contributed by atoms with Crippen LogP contribution in [0.15, 0.2) is 0 Å². The van der Waals surface area contributed by atoms with Crippen molar-refractivity contribution in [2.45, 2.75) is 52.1 Å². The third-order valence-electron chi connectivity index (χ3n) is 2.97. The monoisotopic (exact) mass is 257 g/mol. The Morgan fingerprint density at radius 3 is 2.33 bits per heavy atom. The number of methoxy groups -OCH3 is 1. The molecule has 0 aromatic heterocycles. The molecule has 0 aromatic rings. The molecule has 1 aliphatic rings. The first-order valence-corrected chi connectivity index (χ1v) is 6.34. The van der Waals surface area contributed by atoms with Gasteiger partial charge in [-0.25, -0.2) is 4.79 Å². The average molecular weight is 257 g/mol. The Labute approximate surface area is 108 Å². The van der Waals surface area contributed by atoms with Crippen LogP contribution in [0, 0.1) is 5.41 Å². The van der Waals surface area contributed by atoms with Gasteiger partial charge in [0, 0.05) is 6.54 Å². The molecule has 18 heavy (non-hydrogen) atoms. The van der Waals surface area contributed by atoms with E-state index < -0.39 is 11.7 Å². The van der Waals surface area contributed by atoms with E-state index in [4.69, 9.17) is 9.47 Å². The number of esters is 1. The highest BCUT2D eigenvalue weighted by Crippen LogP contribution is 2.50. The zero-order valence-corrected chi connectivity index (χ0v) is 11.7. The van der Waals surface area contributed by atoms with Gasteiger partial charge in [0.25, 0.3) is 0 Å². The van der Waals surface area contributed by atoms with E-state index in [1.54, 1.807) is 0 Å². The number of hydrogen-bond donors (Lipinski definition) is 1. The highest BCUT2D eigenvalue weighted by Gasteiger charge is 2.50. The lowest BCUT2D eigenvalue weighted by atomic mass is 10.0. The van der Waals surface area contributed by atoms with E-state index >= 15 is 0 Å². The summed E-state index contributed by atoms with van der Waals surface area (Å²) >= 11 is 0. The molecule has 0 aromatic carbocycles. The van der Waals surface area contributed by atoms with Crippen LogP contribution in [-0.2, 0) is 14.3 Å². The lowest BCUT2D eigenvalue weighted by Gasteiger charge is -2.20. The van der Waals surface area contributed by atoms with Crippen molar-refractivity contribution in [1.82, 2.24) is 5.32 Å². The molecular formula is C13H23NO4. The van der Waals surface area contributed by atoms with Crippen LogP contribution in [0.5, 0.6) is 0 Å². The van der Waals surface area contributed by atoms with Gasteiger partial charge in [0.1, 0.15) is 5.60 Å². The van der Waals surface area contributed by atoms with Gasteiger partial charge in [-0.1, -0.05) is 0 Å². The van der Waals surface area contributed by atoms with Gasteiger partial charge in [0.15, 0.2) is 0 Å². The maximum Gasteiger partial charge on any atom is 0.407 e. The maximum atomic E-state index is 11.5. The zero-order valence-electron chi connectivity index (χ0n) is 11.7. The SMILES string of the molecule is COC(=O)C1(CCCNC(=O)OC(C)(C)C)CC1. The molecule has 1 aliphatic carbocycles. The minimum atomic E-state index is -0.478. The Hall–Kier alpha value is -1.26.